The van der Waals surface area contributed by atoms with E-state index in [9.17, 15) is 14.4 Å². The summed E-state index contributed by atoms with van der Waals surface area (Å²) in [6.07, 6.45) is 3.19. The van der Waals surface area contributed by atoms with E-state index in [-0.39, 0.29) is 18.8 Å². The highest BCUT2D eigenvalue weighted by molar-refractivity contribution is 6.30. The maximum atomic E-state index is 12.5. The number of imidazole rings is 1. The van der Waals surface area contributed by atoms with Gasteiger partial charge in [0.25, 0.3) is 5.56 Å². The molecule has 0 saturated carbocycles. The molecule has 9 nitrogen and oxygen atoms in total. The van der Waals surface area contributed by atoms with E-state index in [4.69, 9.17) is 16.3 Å². The third-order valence-corrected chi connectivity index (χ3v) is 4.13. The van der Waals surface area contributed by atoms with Gasteiger partial charge in [0.1, 0.15) is 5.69 Å². The van der Waals surface area contributed by atoms with Gasteiger partial charge in [-0.1, -0.05) is 11.6 Å². The van der Waals surface area contributed by atoms with Crippen LogP contribution in [0.15, 0.2) is 34.2 Å². The predicted molar refractivity (Wildman–Crippen MR) is 94.4 cm³/mol. The molecule has 0 atom stereocenters. The van der Waals surface area contributed by atoms with Crippen LogP contribution in [0.2, 0.25) is 5.02 Å². The van der Waals surface area contributed by atoms with E-state index in [0.717, 1.165) is 4.57 Å². The molecule has 0 saturated heterocycles. The minimum absolute atomic E-state index is 0.0338. The fourth-order valence-corrected chi connectivity index (χ4v) is 2.73. The van der Waals surface area contributed by atoms with Crippen molar-refractivity contribution in [3.05, 3.63) is 56.2 Å². The molecule has 3 aromatic heterocycles. The van der Waals surface area contributed by atoms with Crippen molar-refractivity contribution in [1.29, 1.82) is 0 Å². The molecule has 0 amide bonds. The molecule has 0 fully saturated rings. The molecule has 3 heterocycles. The average molecular weight is 378 g/mol. The van der Waals surface area contributed by atoms with E-state index >= 15 is 0 Å². The SMILES string of the molecule is Cn1cnc2c1c(=O)n(CCCOC(=O)c1cc(Cl)ccn1)c(=O)n2C. The van der Waals surface area contributed by atoms with Gasteiger partial charge < -0.3 is 9.30 Å². The van der Waals surface area contributed by atoms with Crippen molar-refractivity contribution in [1.82, 2.24) is 23.7 Å². The van der Waals surface area contributed by atoms with Crippen LogP contribution in [0.5, 0.6) is 0 Å². The lowest BCUT2D eigenvalue weighted by atomic mass is 10.3. The average Bonchev–Trinajstić information content (AvgIpc) is 3.01. The zero-order chi connectivity index (χ0) is 18.8. The summed E-state index contributed by atoms with van der Waals surface area (Å²) in [5.41, 5.74) is -0.124. The van der Waals surface area contributed by atoms with Crippen molar-refractivity contribution in [3.63, 3.8) is 0 Å². The number of hydrogen-bond donors (Lipinski definition) is 0. The fourth-order valence-electron chi connectivity index (χ4n) is 2.57. The number of nitrogens with zero attached hydrogens (tertiary/aromatic N) is 5. The Morgan fingerprint density at radius 3 is 2.77 bits per heavy atom. The molecular formula is C16H16ClN5O4. The number of rotatable bonds is 5. The van der Waals surface area contributed by atoms with Gasteiger partial charge in [0, 0.05) is 31.9 Å². The number of fused-ring (bicyclic) bond motifs is 1. The van der Waals surface area contributed by atoms with Crippen LogP contribution in [-0.2, 0) is 25.4 Å². The Morgan fingerprint density at radius 2 is 2.04 bits per heavy atom. The van der Waals surface area contributed by atoms with Crippen LogP contribution >= 0.6 is 11.6 Å². The Balaban J connectivity index is 1.71. The lowest BCUT2D eigenvalue weighted by molar-refractivity contribution is 0.0488. The molecule has 0 unspecified atom stereocenters. The van der Waals surface area contributed by atoms with E-state index in [1.54, 1.807) is 24.7 Å². The summed E-state index contributed by atoms with van der Waals surface area (Å²) in [7, 11) is 3.24. The maximum absolute atomic E-state index is 12.5. The van der Waals surface area contributed by atoms with Crippen molar-refractivity contribution in [3.8, 4) is 0 Å². The van der Waals surface area contributed by atoms with Crippen molar-refractivity contribution >= 4 is 28.7 Å². The van der Waals surface area contributed by atoms with Gasteiger partial charge >= 0.3 is 11.7 Å². The second kappa shape index (κ2) is 7.12. The van der Waals surface area contributed by atoms with E-state index in [1.165, 1.54) is 23.2 Å². The molecule has 0 aromatic carbocycles. The molecule has 0 bridgehead atoms. The normalized spacial score (nSPS) is 11.0. The molecule has 3 rings (SSSR count). The van der Waals surface area contributed by atoms with Crippen molar-refractivity contribution in [2.45, 2.75) is 13.0 Å². The van der Waals surface area contributed by atoms with E-state index in [1.807, 2.05) is 0 Å². The largest absolute Gasteiger partial charge is 0.461 e. The van der Waals surface area contributed by atoms with Gasteiger partial charge in [0.15, 0.2) is 11.2 Å². The van der Waals surface area contributed by atoms with Gasteiger partial charge in [-0.05, 0) is 18.6 Å². The number of hydrogen-bond acceptors (Lipinski definition) is 6. The summed E-state index contributed by atoms with van der Waals surface area (Å²) in [6, 6.07) is 2.95. The van der Waals surface area contributed by atoms with E-state index in [2.05, 4.69) is 9.97 Å². The van der Waals surface area contributed by atoms with Crippen LogP contribution in [0.1, 0.15) is 16.9 Å². The molecule has 136 valence electrons. The van der Waals surface area contributed by atoms with Gasteiger partial charge in [0.05, 0.1) is 12.9 Å². The molecule has 26 heavy (non-hydrogen) atoms. The van der Waals surface area contributed by atoms with Gasteiger partial charge in [-0.3, -0.25) is 13.9 Å². The smallest absolute Gasteiger partial charge is 0.356 e. The molecule has 10 heteroatoms. The summed E-state index contributed by atoms with van der Waals surface area (Å²) in [4.78, 5) is 44.7. The minimum Gasteiger partial charge on any atom is -0.461 e. The quantitative estimate of drug-likeness (QED) is 0.480. The first-order chi connectivity index (χ1) is 12.4. The van der Waals surface area contributed by atoms with Gasteiger partial charge in [-0.25, -0.2) is 19.6 Å². The fraction of sp³-hybridized carbons (Fsp3) is 0.312. The first-order valence-corrected chi connectivity index (χ1v) is 8.17. The highest BCUT2D eigenvalue weighted by Gasteiger charge is 2.15. The molecule has 0 aliphatic heterocycles. The van der Waals surface area contributed by atoms with Crippen molar-refractivity contribution in [2.24, 2.45) is 14.1 Å². The van der Waals surface area contributed by atoms with Crippen LogP contribution in [0.4, 0.5) is 0 Å². The Morgan fingerprint density at radius 1 is 1.27 bits per heavy atom. The van der Waals surface area contributed by atoms with Crippen molar-refractivity contribution in [2.75, 3.05) is 6.61 Å². The monoisotopic (exact) mass is 377 g/mol. The predicted octanol–water partition coefficient (Wildman–Crippen LogP) is 0.729. The number of esters is 1. The van der Waals surface area contributed by atoms with Gasteiger partial charge in [-0.2, -0.15) is 0 Å². The summed E-state index contributed by atoms with van der Waals surface area (Å²) in [6.45, 7) is 0.148. The van der Waals surface area contributed by atoms with Crippen LogP contribution in [0.25, 0.3) is 11.2 Å². The molecule has 0 aliphatic carbocycles. The minimum atomic E-state index is -0.616. The molecule has 3 aromatic rings. The Bertz CT molecular complexity index is 1100. The number of carbonyl (C=O) groups excluding carboxylic acids is 1. The Labute approximate surface area is 152 Å². The first-order valence-electron chi connectivity index (χ1n) is 7.79. The summed E-state index contributed by atoms with van der Waals surface area (Å²) in [5.74, 6) is -0.616. The third kappa shape index (κ3) is 3.25. The Hall–Kier alpha value is -2.94. The van der Waals surface area contributed by atoms with Crippen LogP contribution < -0.4 is 11.2 Å². The standard InChI is InChI=1S/C16H16ClN5O4/c1-20-9-19-13-12(20)14(23)22(16(25)21(13)2)6-3-7-26-15(24)11-8-10(17)4-5-18-11/h4-5,8-9H,3,6-7H2,1-2H3. The zero-order valence-electron chi connectivity index (χ0n) is 14.2. The van der Waals surface area contributed by atoms with Crippen LogP contribution in [-0.4, -0.2) is 36.2 Å². The Kier molecular flexibility index (Phi) is 4.90. The van der Waals surface area contributed by atoms with E-state index < -0.39 is 17.2 Å². The maximum Gasteiger partial charge on any atom is 0.356 e. The topological polar surface area (TPSA) is 101 Å². The number of ether oxygens (including phenoxy) is 1. The van der Waals surface area contributed by atoms with Gasteiger partial charge in [0.2, 0.25) is 0 Å². The molecular weight excluding hydrogens is 362 g/mol. The number of carbonyl (C=O) groups is 1. The highest BCUT2D eigenvalue weighted by Crippen LogP contribution is 2.09. The second-order valence-electron chi connectivity index (χ2n) is 5.67. The summed E-state index contributed by atoms with van der Waals surface area (Å²) in [5, 5.41) is 0.381. The molecule has 0 aliphatic rings. The van der Waals surface area contributed by atoms with Crippen molar-refractivity contribution < 1.29 is 9.53 Å². The summed E-state index contributed by atoms with van der Waals surface area (Å²) < 4.78 is 9.10. The first kappa shape index (κ1) is 17.9. The lowest BCUT2D eigenvalue weighted by Crippen LogP contribution is -2.39. The second-order valence-corrected chi connectivity index (χ2v) is 6.11. The molecule has 0 N–H and O–H groups in total. The molecule has 0 spiro atoms. The lowest BCUT2D eigenvalue weighted by Gasteiger charge is -2.09. The highest BCUT2D eigenvalue weighted by atomic mass is 35.5. The number of halogens is 1. The third-order valence-electron chi connectivity index (χ3n) is 3.89. The zero-order valence-corrected chi connectivity index (χ0v) is 14.9. The molecule has 0 radical (unpaired) electrons. The number of aromatic nitrogens is 5. The van der Waals surface area contributed by atoms with Gasteiger partial charge in [-0.15, -0.1) is 0 Å². The van der Waals surface area contributed by atoms with Crippen LogP contribution in [0, 0.1) is 0 Å². The summed E-state index contributed by atoms with van der Waals surface area (Å²) >= 11 is 5.80. The van der Waals surface area contributed by atoms with E-state index in [0.29, 0.717) is 22.6 Å². The number of pyridine rings is 1. The number of aryl methyl sites for hydroxylation is 2. The van der Waals surface area contributed by atoms with Crippen LogP contribution in [0.3, 0.4) is 0 Å².